The van der Waals surface area contributed by atoms with Crippen molar-refractivity contribution in [1.82, 2.24) is 19.9 Å². The number of hydrogen-bond donors (Lipinski definition) is 2. The van der Waals surface area contributed by atoms with Crippen LogP contribution in [0, 0.1) is 0 Å². The van der Waals surface area contributed by atoms with E-state index >= 15 is 0 Å². The first-order chi connectivity index (χ1) is 12.9. The monoisotopic (exact) mass is 388 g/mol. The average molecular weight is 389 g/mol. The van der Waals surface area contributed by atoms with E-state index in [1.54, 1.807) is 31.4 Å². The highest BCUT2D eigenvalue weighted by Gasteiger charge is 2.31. The fourth-order valence-electron chi connectivity index (χ4n) is 3.23. The van der Waals surface area contributed by atoms with E-state index in [1.807, 2.05) is 17.2 Å². The minimum absolute atomic E-state index is 0.00365. The number of rotatable bonds is 6. The number of aromatic nitrogens is 3. The molecular formula is C19H28N6OS. The van der Waals surface area contributed by atoms with Crippen LogP contribution in [0.2, 0.25) is 0 Å². The number of likely N-dealkylation sites (tertiary alicyclic amines) is 1. The minimum Gasteiger partial charge on any atom is -0.341 e. The molecule has 1 aliphatic heterocycles. The molecule has 1 aliphatic rings. The van der Waals surface area contributed by atoms with E-state index < -0.39 is 5.54 Å². The van der Waals surface area contributed by atoms with Crippen molar-refractivity contribution in [3.8, 4) is 0 Å². The summed E-state index contributed by atoms with van der Waals surface area (Å²) in [4.78, 5) is 29.0. The van der Waals surface area contributed by atoms with E-state index in [-0.39, 0.29) is 11.8 Å². The Morgan fingerprint density at radius 3 is 2.78 bits per heavy atom. The second-order valence-electron chi connectivity index (χ2n) is 7.59. The summed E-state index contributed by atoms with van der Waals surface area (Å²) in [7, 11) is 0. The molecule has 2 aromatic heterocycles. The van der Waals surface area contributed by atoms with Crippen LogP contribution >= 0.6 is 11.3 Å². The van der Waals surface area contributed by atoms with Gasteiger partial charge in [0.2, 0.25) is 5.91 Å². The lowest BCUT2D eigenvalue weighted by atomic mass is 9.94. The maximum absolute atomic E-state index is 12.3. The third kappa shape index (κ3) is 5.01. The number of hydrogen-bond acceptors (Lipinski definition) is 7. The molecule has 0 bridgehead atoms. The van der Waals surface area contributed by atoms with E-state index in [2.05, 4.69) is 27.2 Å². The summed E-state index contributed by atoms with van der Waals surface area (Å²) in [5, 5.41) is 4.14. The smallest absolute Gasteiger partial charge is 0.242 e. The van der Waals surface area contributed by atoms with Crippen molar-refractivity contribution in [2.24, 2.45) is 5.73 Å². The Balaban J connectivity index is 1.61. The van der Waals surface area contributed by atoms with Crippen molar-refractivity contribution in [2.45, 2.75) is 57.9 Å². The van der Waals surface area contributed by atoms with Crippen LogP contribution in [0.3, 0.4) is 0 Å². The lowest BCUT2D eigenvalue weighted by Gasteiger charge is -2.35. The number of thiazole rings is 1. The standard InChI is InChI=1S/C19H28N6OS/c1-4-5-14-12-22-18(27-14)24-15-6-9-21-16(23-15)13-7-10-25(11-8-13)17(26)19(2,3)20/h6,9,12-13H,4-5,7-8,10-11,20H2,1-3H3,(H,21,22,23,24). The van der Waals surface area contributed by atoms with Gasteiger partial charge in [0.15, 0.2) is 5.13 Å². The molecule has 3 N–H and O–H groups in total. The van der Waals surface area contributed by atoms with Crippen molar-refractivity contribution in [3.63, 3.8) is 0 Å². The van der Waals surface area contributed by atoms with Gasteiger partial charge in [0.25, 0.3) is 0 Å². The predicted octanol–water partition coefficient (Wildman–Crippen LogP) is 3.07. The zero-order valence-corrected chi connectivity index (χ0v) is 17.1. The van der Waals surface area contributed by atoms with E-state index in [0.717, 1.165) is 42.5 Å². The first kappa shape index (κ1) is 19.7. The number of anilines is 2. The van der Waals surface area contributed by atoms with Crippen LogP contribution < -0.4 is 11.1 Å². The highest BCUT2D eigenvalue weighted by Crippen LogP contribution is 2.28. The summed E-state index contributed by atoms with van der Waals surface area (Å²) < 4.78 is 0. The third-order valence-electron chi connectivity index (χ3n) is 4.66. The highest BCUT2D eigenvalue weighted by molar-refractivity contribution is 7.15. The summed E-state index contributed by atoms with van der Waals surface area (Å²) in [6, 6.07) is 1.86. The minimum atomic E-state index is -0.822. The van der Waals surface area contributed by atoms with Gasteiger partial charge in [-0.1, -0.05) is 13.3 Å². The summed E-state index contributed by atoms with van der Waals surface area (Å²) in [6.45, 7) is 7.06. The SMILES string of the molecule is CCCc1cnc(Nc2ccnc(C3CCN(C(=O)C(C)(C)N)CC3)n2)s1. The fraction of sp³-hybridized carbons (Fsp3) is 0.579. The topological polar surface area (TPSA) is 97.0 Å². The summed E-state index contributed by atoms with van der Waals surface area (Å²) in [5.74, 6) is 1.84. The number of nitrogens with two attached hydrogens (primary N) is 1. The van der Waals surface area contributed by atoms with Gasteiger partial charge in [-0.2, -0.15) is 0 Å². The summed E-state index contributed by atoms with van der Waals surface area (Å²) in [6.07, 6.45) is 7.56. The first-order valence-electron chi connectivity index (χ1n) is 9.49. The molecule has 7 nitrogen and oxygen atoms in total. The molecule has 0 saturated carbocycles. The molecule has 1 saturated heterocycles. The molecule has 146 valence electrons. The molecule has 8 heteroatoms. The molecule has 3 heterocycles. The summed E-state index contributed by atoms with van der Waals surface area (Å²) >= 11 is 1.66. The molecule has 2 aromatic rings. The van der Waals surface area contributed by atoms with Gasteiger partial charge < -0.3 is 16.0 Å². The Kier molecular flexibility index (Phi) is 6.06. The van der Waals surface area contributed by atoms with Crippen LogP contribution in [-0.2, 0) is 11.2 Å². The normalized spacial score (nSPS) is 15.8. The maximum atomic E-state index is 12.3. The average Bonchev–Trinajstić information content (AvgIpc) is 3.08. The number of nitrogens with zero attached hydrogens (tertiary/aromatic N) is 4. The van der Waals surface area contributed by atoms with Crippen molar-refractivity contribution < 1.29 is 4.79 Å². The molecule has 0 atom stereocenters. The molecule has 1 fully saturated rings. The molecule has 27 heavy (non-hydrogen) atoms. The molecule has 0 radical (unpaired) electrons. The number of carbonyl (C=O) groups is 1. The van der Waals surface area contributed by atoms with Crippen LogP contribution in [0.4, 0.5) is 10.9 Å². The summed E-state index contributed by atoms with van der Waals surface area (Å²) in [5.41, 5.74) is 5.12. The number of nitrogens with one attached hydrogen (secondary N) is 1. The molecule has 0 unspecified atom stereocenters. The Labute approximate surface area is 164 Å². The van der Waals surface area contributed by atoms with E-state index in [1.165, 1.54) is 4.88 Å². The molecule has 0 aliphatic carbocycles. The van der Waals surface area contributed by atoms with Crippen LogP contribution in [0.5, 0.6) is 0 Å². The van der Waals surface area contributed by atoms with E-state index in [4.69, 9.17) is 5.73 Å². The van der Waals surface area contributed by atoms with Crippen LogP contribution in [0.1, 0.15) is 56.7 Å². The second-order valence-corrected chi connectivity index (χ2v) is 8.71. The van der Waals surface area contributed by atoms with Crippen LogP contribution in [0.15, 0.2) is 18.5 Å². The maximum Gasteiger partial charge on any atom is 0.242 e. The predicted molar refractivity (Wildman–Crippen MR) is 108 cm³/mol. The Morgan fingerprint density at radius 2 is 2.11 bits per heavy atom. The lowest BCUT2D eigenvalue weighted by Crippen LogP contribution is -2.53. The highest BCUT2D eigenvalue weighted by atomic mass is 32.1. The van der Waals surface area contributed by atoms with E-state index in [9.17, 15) is 4.79 Å². The van der Waals surface area contributed by atoms with E-state index in [0.29, 0.717) is 13.1 Å². The number of carbonyl (C=O) groups excluding carboxylic acids is 1. The van der Waals surface area contributed by atoms with Crippen molar-refractivity contribution >= 4 is 28.2 Å². The quantitative estimate of drug-likeness (QED) is 0.789. The molecule has 0 spiro atoms. The van der Waals surface area contributed by atoms with Gasteiger partial charge in [-0.25, -0.2) is 15.0 Å². The number of amides is 1. The zero-order valence-electron chi connectivity index (χ0n) is 16.2. The molecule has 3 rings (SSSR count). The van der Waals surface area contributed by atoms with Gasteiger partial charge >= 0.3 is 0 Å². The van der Waals surface area contributed by atoms with Crippen molar-refractivity contribution in [2.75, 3.05) is 18.4 Å². The van der Waals surface area contributed by atoms with Crippen LogP contribution in [0.25, 0.3) is 0 Å². The van der Waals surface area contributed by atoms with Crippen LogP contribution in [-0.4, -0.2) is 44.4 Å². The van der Waals surface area contributed by atoms with Gasteiger partial charge in [-0.15, -0.1) is 11.3 Å². The third-order valence-corrected chi connectivity index (χ3v) is 5.63. The van der Waals surface area contributed by atoms with Crippen molar-refractivity contribution in [3.05, 3.63) is 29.2 Å². The molecule has 0 aromatic carbocycles. The first-order valence-corrected chi connectivity index (χ1v) is 10.3. The van der Waals surface area contributed by atoms with Crippen molar-refractivity contribution in [1.29, 1.82) is 0 Å². The zero-order chi connectivity index (χ0) is 19.4. The number of piperidine rings is 1. The molecular weight excluding hydrogens is 360 g/mol. The second kappa shape index (κ2) is 8.31. The lowest BCUT2D eigenvalue weighted by molar-refractivity contribution is -0.136. The van der Waals surface area contributed by atoms with Gasteiger partial charge in [-0.05, 0) is 39.2 Å². The fourth-order valence-corrected chi connectivity index (χ4v) is 4.15. The number of aryl methyl sites for hydroxylation is 1. The Hall–Kier alpha value is -2.06. The van der Waals surface area contributed by atoms with Gasteiger partial charge in [0, 0.05) is 36.3 Å². The largest absolute Gasteiger partial charge is 0.341 e. The van der Waals surface area contributed by atoms with Gasteiger partial charge in [0.1, 0.15) is 11.6 Å². The molecule has 1 amide bonds. The van der Waals surface area contributed by atoms with Gasteiger partial charge in [-0.3, -0.25) is 4.79 Å². The Morgan fingerprint density at radius 1 is 1.37 bits per heavy atom. The van der Waals surface area contributed by atoms with Gasteiger partial charge in [0.05, 0.1) is 5.54 Å². The Bertz CT molecular complexity index is 777.